The number of benzene rings is 1. The maximum atomic E-state index is 15.0. The van der Waals surface area contributed by atoms with Gasteiger partial charge in [-0.25, -0.2) is 4.79 Å². The minimum atomic E-state index is -2.95. The van der Waals surface area contributed by atoms with E-state index in [0.717, 1.165) is 44.5 Å². The molecular weight excluding hydrogens is 472 g/mol. The number of hydrogen-bond acceptors (Lipinski definition) is 3. The van der Waals surface area contributed by atoms with Gasteiger partial charge in [-0.2, -0.15) is 8.78 Å². The van der Waals surface area contributed by atoms with Crippen LogP contribution < -0.4 is 4.90 Å². The number of nitrogens with zero attached hydrogens (tertiary/aromatic N) is 3. The Bertz CT molecular complexity index is 983. The van der Waals surface area contributed by atoms with Gasteiger partial charge in [-0.1, -0.05) is 25.4 Å². The van der Waals surface area contributed by atoms with Crippen molar-refractivity contribution >= 4 is 29.1 Å². The van der Waals surface area contributed by atoms with Crippen LogP contribution in [0.2, 0.25) is 5.02 Å². The molecule has 3 saturated heterocycles. The van der Waals surface area contributed by atoms with Crippen molar-refractivity contribution < 1.29 is 22.9 Å². The summed E-state index contributed by atoms with van der Waals surface area (Å²) in [4.78, 5) is 29.4. The number of carbonyl (C=O) groups is 2. The van der Waals surface area contributed by atoms with E-state index in [1.165, 1.54) is 11.8 Å². The quantitative estimate of drug-likeness (QED) is 0.514. The standard InChI is InChI=1S/C27H39ClF2N3O2/c1-18(2)26(3)25(35)33(17-27(26,29)30)14-10-20(11-15-33)19-8-12-32(13-9-19)21-6-7-22(23(28)16-21)24(34)31(4)5/h6-7,16,18-20H,8-15,17H2,1-5H3/q+1/t20?,26-,33?/m0/s1. The zero-order valence-corrected chi connectivity index (χ0v) is 22.4. The molecule has 3 aliphatic heterocycles. The number of halogens is 3. The summed E-state index contributed by atoms with van der Waals surface area (Å²) >= 11 is 6.41. The van der Waals surface area contributed by atoms with Gasteiger partial charge in [0.15, 0.2) is 12.0 Å². The van der Waals surface area contributed by atoms with Crippen molar-refractivity contribution in [2.75, 3.05) is 51.7 Å². The number of amides is 2. The molecule has 1 aromatic carbocycles. The molecule has 1 atom stereocenters. The third-order valence-corrected chi connectivity index (χ3v) is 9.62. The number of rotatable bonds is 4. The third-order valence-electron chi connectivity index (χ3n) is 9.31. The SMILES string of the molecule is CC(C)[C@@]1(C)C(=O)[N+]2(CCC(C3CCN(c4ccc(C(=O)N(C)C)c(Cl)c4)CC3)CC2)CC1(F)F. The molecule has 0 N–H and O–H groups in total. The molecule has 3 heterocycles. The molecule has 0 radical (unpaired) electrons. The van der Waals surface area contributed by atoms with Crippen molar-refractivity contribution in [1.82, 2.24) is 4.90 Å². The summed E-state index contributed by atoms with van der Waals surface area (Å²) < 4.78 is 30.1. The van der Waals surface area contributed by atoms with Crippen LogP contribution in [-0.2, 0) is 4.79 Å². The lowest BCUT2D eigenvalue weighted by Crippen LogP contribution is -2.57. The van der Waals surface area contributed by atoms with Crippen molar-refractivity contribution in [2.24, 2.45) is 23.2 Å². The highest BCUT2D eigenvalue weighted by Crippen LogP contribution is 2.54. The van der Waals surface area contributed by atoms with Gasteiger partial charge >= 0.3 is 11.8 Å². The third kappa shape index (κ3) is 4.37. The minimum Gasteiger partial charge on any atom is -0.371 e. The molecule has 0 saturated carbocycles. The molecular formula is C27H39ClF2N3O2+. The molecule has 1 aromatic rings. The van der Waals surface area contributed by atoms with Gasteiger partial charge in [0.2, 0.25) is 0 Å². The summed E-state index contributed by atoms with van der Waals surface area (Å²) in [6.45, 7) is 7.52. The summed E-state index contributed by atoms with van der Waals surface area (Å²) in [6.07, 6.45) is 3.75. The second-order valence-electron chi connectivity index (χ2n) is 11.6. The van der Waals surface area contributed by atoms with Crippen molar-refractivity contribution in [3.63, 3.8) is 0 Å². The molecule has 0 bridgehead atoms. The molecule has 3 aliphatic rings. The number of carbonyl (C=O) groups excluding carboxylic acids is 2. The Labute approximate surface area is 213 Å². The Morgan fingerprint density at radius 2 is 1.69 bits per heavy atom. The molecule has 3 fully saturated rings. The van der Waals surface area contributed by atoms with Crippen LogP contribution in [0.15, 0.2) is 18.2 Å². The summed E-state index contributed by atoms with van der Waals surface area (Å²) in [7, 11) is 3.42. The highest BCUT2D eigenvalue weighted by atomic mass is 35.5. The van der Waals surface area contributed by atoms with E-state index in [1.807, 2.05) is 12.1 Å². The smallest absolute Gasteiger partial charge is 0.326 e. The van der Waals surface area contributed by atoms with Crippen LogP contribution in [0.1, 0.15) is 56.8 Å². The fourth-order valence-electron chi connectivity index (χ4n) is 6.59. The van der Waals surface area contributed by atoms with E-state index < -0.39 is 11.3 Å². The fraction of sp³-hybridized carbons (Fsp3) is 0.704. The summed E-state index contributed by atoms with van der Waals surface area (Å²) in [5.41, 5.74) is -0.0426. The number of piperidine rings is 2. The molecule has 5 nitrogen and oxygen atoms in total. The van der Waals surface area contributed by atoms with Crippen molar-refractivity contribution in [2.45, 2.75) is 52.4 Å². The first-order chi connectivity index (χ1) is 16.3. The molecule has 194 valence electrons. The second kappa shape index (κ2) is 9.29. The van der Waals surface area contributed by atoms with Crippen LogP contribution in [0.4, 0.5) is 14.5 Å². The minimum absolute atomic E-state index is 0.0342. The monoisotopic (exact) mass is 510 g/mol. The van der Waals surface area contributed by atoms with Gasteiger partial charge in [-0.05, 0) is 55.7 Å². The van der Waals surface area contributed by atoms with E-state index >= 15 is 8.78 Å². The first-order valence-corrected chi connectivity index (χ1v) is 13.3. The van der Waals surface area contributed by atoms with Gasteiger partial charge < -0.3 is 9.80 Å². The van der Waals surface area contributed by atoms with Gasteiger partial charge in [0.05, 0.1) is 23.7 Å². The highest BCUT2D eigenvalue weighted by molar-refractivity contribution is 6.34. The Balaban J connectivity index is 1.35. The zero-order chi connectivity index (χ0) is 25.8. The van der Waals surface area contributed by atoms with Crippen LogP contribution in [0.3, 0.4) is 0 Å². The average molecular weight is 511 g/mol. The van der Waals surface area contributed by atoms with Gasteiger partial charge in [-0.15, -0.1) is 0 Å². The van der Waals surface area contributed by atoms with Gasteiger partial charge in [0.1, 0.15) is 0 Å². The normalized spacial score (nSPS) is 31.4. The lowest BCUT2D eigenvalue weighted by atomic mass is 9.74. The van der Waals surface area contributed by atoms with E-state index in [2.05, 4.69) is 4.90 Å². The molecule has 8 heteroatoms. The Hall–Kier alpha value is -1.73. The Morgan fingerprint density at radius 3 is 2.17 bits per heavy atom. The summed E-state index contributed by atoms with van der Waals surface area (Å²) in [6, 6.07) is 5.63. The molecule has 35 heavy (non-hydrogen) atoms. The number of anilines is 1. The molecule has 4 rings (SSSR count). The fourth-order valence-corrected chi connectivity index (χ4v) is 6.85. The highest BCUT2D eigenvalue weighted by Gasteiger charge is 2.73. The molecule has 1 spiro atoms. The molecule has 2 amide bonds. The van der Waals surface area contributed by atoms with Crippen molar-refractivity contribution in [1.29, 1.82) is 0 Å². The van der Waals surface area contributed by atoms with Crippen LogP contribution in [-0.4, -0.2) is 73.9 Å². The number of hydrogen-bond donors (Lipinski definition) is 0. The maximum Gasteiger partial charge on any atom is 0.326 e. The van der Waals surface area contributed by atoms with Crippen LogP contribution in [0.25, 0.3) is 0 Å². The molecule has 0 aromatic heterocycles. The van der Waals surface area contributed by atoms with E-state index in [9.17, 15) is 9.59 Å². The van der Waals surface area contributed by atoms with Crippen molar-refractivity contribution in [3.8, 4) is 0 Å². The Morgan fingerprint density at radius 1 is 1.11 bits per heavy atom. The predicted octanol–water partition coefficient (Wildman–Crippen LogP) is 5.32. The second-order valence-corrected chi connectivity index (χ2v) is 12.0. The van der Waals surface area contributed by atoms with Gasteiger partial charge in [-0.3, -0.25) is 9.28 Å². The van der Waals surface area contributed by atoms with Gasteiger partial charge in [0.25, 0.3) is 5.91 Å². The van der Waals surface area contributed by atoms with Crippen molar-refractivity contribution in [3.05, 3.63) is 28.8 Å². The van der Waals surface area contributed by atoms with E-state index in [-0.39, 0.29) is 28.8 Å². The van der Waals surface area contributed by atoms with E-state index in [4.69, 9.17) is 11.6 Å². The van der Waals surface area contributed by atoms with Gasteiger partial charge in [0, 0.05) is 45.7 Å². The topological polar surface area (TPSA) is 40.6 Å². The summed E-state index contributed by atoms with van der Waals surface area (Å²) in [5.74, 6) is -2.67. The molecule has 0 aliphatic carbocycles. The Kier molecular flexibility index (Phi) is 6.99. The first-order valence-electron chi connectivity index (χ1n) is 12.9. The maximum absolute atomic E-state index is 15.0. The van der Waals surface area contributed by atoms with Crippen LogP contribution in [0.5, 0.6) is 0 Å². The summed E-state index contributed by atoms with van der Waals surface area (Å²) in [5, 5.41) is 0.463. The predicted molar refractivity (Wildman–Crippen MR) is 135 cm³/mol. The van der Waals surface area contributed by atoms with E-state index in [1.54, 1.807) is 34.0 Å². The number of alkyl halides is 2. The van der Waals surface area contributed by atoms with Crippen LogP contribution in [0, 0.1) is 23.2 Å². The number of quaternary nitrogens is 1. The average Bonchev–Trinajstić information content (AvgIpc) is 2.97. The molecule has 0 unspecified atom stereocenters. The largest absolute Gasteiger partial charge is 0.371 e. The van der Waals surface area contributed by atoms with E-state index in [0.29, 0.717) is 35.5 Å². The van der Waals surface area contributed by atoms with Crippen LogP contribution >= 0.6 is 11.6 Å². The lowest BCUT2D eigenvalue weighted by Gasteiger charge is -2.43. The lowest BCUT2D eigenvalue weighted by molar-refractivity contribution is -0.858. The zero-order valence-electron chi connectivity index (χ0n) is 21.6. The first kappa shape index (κ1) is 26.3.